The number of hydrogen-bond donors (Lipinski definition) is 1. The lowest BCUT2D eigenvalue weighted by molar-refractivity contribution is 0.122. The van der Waals surface area contributed by atoms with Crippen LogP contribution in [0.5, 0.6) is 5.75 Å². The Labute approximate surface area is 197 Å². The van der Waals surface area contributed by atoms with Crippen LogP contribution in [0.1, 0.15) is 11.1 Å². The van der Waals surface area contributed by atoms with Crippen LogP contribution in [0.2, 0.25) is 0 Å². The fourth-order valence-electron chi connectivity index (χ4n) is 4.09. The number of pyridine rings is 1. The number of morpholine rings is 1. The quantitative estimate of drug-likeness (QED) is 0.489. The molecule has 0 bridgehead atoms. The highest BCUT2D eigenvalue weighted by Gasteiger charge is 2.19. The number of rotatable bonds is 5. The van der Waals surface area contributed by atoms with Crippen LogP contribution in [0, 0.1) is 11.3 Å². The van der Waals surface area contributed by atoms with Crippen molar-refractivity contribution in [2.45, 2.75) is 6.61 Å². The average molecular weight is 454 g/mol. The van der Waals surface area contributed by atoms with E-state index in [0.29, 0.717) is 41.6 Å². The van der Waals surface area contributed by atoms with Crippen LogP contribution in [0.25, 0.3) is 33.7 Å². The highest BCUT2D eigenvalue weighted by atomic mass is 16.5. The van der Waals surface area contributed by atoms with E-state index in [-0.39, 0.29) is 6.61 Å². The summed E-state index contributed by atoms with van der Waals surface area (Å²) in [5, 5.41) is 19.9. The minimum absolute atomic E-state index is 0.132. The van der Waals surface area contributed by atoms with Gasteiger partial charge in [0.1, 0.15) is 11.6 Å². The van der Waals surface area contributed by atoms with Crippen molar-refractivity contribution in [1.29, 1.82) is 5.26 Å². The van der Waals surface area contributed by atoms with E-state index in [1.54, 1.807) is 19.2 Å². The van der Waals surface area contributed by atoms with Gasteiger partial charge in [-0.2, -0.15) is 5.26 Å². The van der Waals surface area contributed by atoms with Crippen molar-refractivity contribution >= 4 is 16.9 Å². The minimum Gasteiger partial charge on any atom is -0.496 e. The van der Waals surface area contributed by atoms with E-state index in [0.717, 1.165) is 41.1 Å². The van der Waals surface area contributed by atoms with Gasteiger partial charge in [-0.15, -0.1) is 0 Å². The Morgan fingerprint density at radius 3 is 2.65 bits per heavy atom. The standard InChI is InChI=1S/C26H23N5O3/c1-33-23-8-5-18(14-20(23)16-32)22-7-6-21-25(28-22)29-24(19-4-2-3-17(13-19)15-27)30-26(21)31-9-11-34-12-10-31/h2-8,13-14,32H,9-12,16H2,1H3. The van der Waals surface area contributed by atoms with Crippen LogP contribution in [0.3, 0.4) is 0 Å². The molecule has 34 heavy (non-hydrogen) atoms. The smallest absolute Gasteiger partial charge is 0.165 e. The molecule has 1 aliphatic rings. The topological polar surface area (TPSA) is 104 Å². The summed E-state index contributed by atoms with van der Waals surface area (Å²) in [6, 6.07) is 19.0. The van der Waals surface area contributed by atoms with Crippen molar-refractivity contribution in [3.8, 4) is 34.5 Å². The second kappa shape index (κ2) is 9.43. The maximum absolute atomic E-state index is 9.72. The zero-order valence-corrected chi connectivity index (χ0v) is 18.7. The van der Waals surface area contributed by atoms with Crippen LogP contribution >= 0.6 is 0 Å². The molecule has 170 valence electrons. The molecular formula is C26H23N5O3. The van der Waals surface area contributed by atoms with Crippen molar-refractivity contribution in [2.75, 3.05) is 38.3 Å². The number of methoxy groups -OCH3 is 1. The van der Waals surface area contributed by atoms with E-state index in [4.69, 9.17) is 24.4 Å². The highest BCUT2D eigenvalue weighted by molar-refractivity contribution is 5.90. The molecule has 1 N–H and O–H groups in total. The summed E-state index contributed by atoms with van der Waals surface area (Å²) in [7, 11) is 1.58. The maximum atomic E-state index is 9.72. The Morgan fingerprint density at radius 2 is 1.88 bits per heavy atom. The maximum Gasteiger partial charge on any atom is 0.165 e. The molecule has 0 spiro atoms. The third-order valence-corrected chi connectivity index (χ3v) is 5.85. The zero-order valence-electron chi connectivity index (χ0n) is 18.7. The van der Waals surface area contributed by atoms with Gasteiger partial charge in [0.25, 0.3) is 0 Å². The number of aliphatic hydroxyl groups is 1. The molecule has 0 amide bonds. The summed E-state index contributed by atoms with van der Waals surface area (Å²) in [6.07, 6.45) is 0. The van der Waals surface area contributed by atoms with Crippen molar-refractivity contribution in [1.82, 2.24) is 15.0 Å². The Balaban J connectivity index is 1.67. The van der Waals surface area contributed by atoms with Crippen molar-refractivity contribution < 1.29 is 14.6 Å². The van der Waals surface area contributed by atoms with Crippen molar-refractivity contribution in [3.63, 3.8) is 0 Å². The molecule has 2 aromatic carbocycles. The summed E-state index contributed by atoms with van der Waals surface area (Å²) < 4.78 is 10.9. The lowest BCUT2D eigenvalue weighted by Gasteiger charge is -2.28. The van der Waals surface area contributed by atoms with E-state index in [1.165, 1.54) is 0 Å². The highest BCUT2D eigenvalue weighted by Crippen LogP contribution is 2.31. The second-order valence-corrected chi connectivity index (χ2v) is 7.92. The number of fused-ring (bicyclic) bond motifs is 1. The van der Waals surface area contributed by atoms with Crippen molar-refractivity contribution in [2.24, 2.45) is 0 Å². The summed E-state index contributed by atoms with van der Waals surface area (Å²) in [4.78, 5) is 16.7. The molecule has 1 saturated heterocycles. The van der Waals surface area contributed by atoms with Gasteiger partial charge in [-0.3, -0.25) is 0 Å². The Hall–Kier alpha value is -4.06. The largest absolute Gasteiger partial charge is 0.496 e. The first-order valence-electron chi connectivity index (χ1n) is 11.0. The van der Waals surface area contributed by atoms with Gasteiger partial charge < -0.3 is 19.5 Å². The summed E-state index contributed by atoms with van der Waals surface area (Å²) in [6.45, 7) is 2.58. The molecule has 0 radical (unpaired) electrons. The van der Waals surface area contributed by atoms with Crippen LogP contribution < -0.4 is 9.64 Å². The molecule has 4 aromatic rings. The molecule has 0 unspecified atom stereocenters. The van der Waals surface area contributed by atoms with Gasteiger partial charge >= 0.3 is 0 Å². The van der Waals surface area contributed by atoms with E-state index < -0.39 is 0 Å². The number of benzene rings is 2. The number of anilines is 1. The molecule has 0 aliphatic carbocycles. The Bertz CT molecular complexity index is 1390. The Morgan fingerprint density at radius 1 is 1.03 bits per heavy atom. The number of ether oxygens (including phenoxy) is 2. The molecule has 0 atom stereocenters. The monoisotopic (exact) mass is 453 g/mol. The lowest BCUT2D eigenvalue weighted by Crippen LogP contribution is -2.37. The van der Waals surface area contributed by atoms with Crippen LogP contribution in [0.4, 0.5) is 5.82 Å². The summed E-state index contributed by atoms with van der Waals surface area (Å²) >= 11 is 0. The number of nitriles is 1. The average Bonchev–Trinajstić information content (AvgIpc) is 2.92. The summed E-state index contributed by atoms with van der Waals surface area (Å²) in [5.74, 6) is 1.95. The fraction of sp³-hybridized carbons (Fsp3) is 0.231. The van der Waals surface area contributed by atoms with Gasteiger partial charge in [0.2, 0.25) is 0 Å². The minimum atomic E-state index is -0.132. The lowest BCUT2D eigenvalue weighted by atomic mass is 10.1. The van der Waals surface area contributed by atoms with Gasteiger partial charge in [-0.1, -0.05) is 12.1 Å². The molecule has 1 aliphatic heterocycles. The number of aromatic nitrogens is 3. The van der Waals surface area contributed by atoms with Gasteiger partial charge in [0.05, 0.1) is 49.6 Å². The van der Waals surface area contributed by atoms with Crippen LogP contribution in [-0.4, -0.2) is 53.5 Å². The zero-order chi connectivity index (χ0) is 23.5. The van der Waals surface area contributed by atoms with E-state index in [9.17, 15) is 10.4 Å². The second-order valence-electron chi connectivity index (χ2n) is 7.92. The first kappa shape index (κ1) is 21.8. The van der Waals surface area contributed by atoms with E-state index in [1.807, 2.05) is 42.5 Å². The normalized spacial score (nSPS) is 13.6. The number of hydrogen-bond acceptors (Lipinski definition) is 8. The number of aliphatic hydroxyl groups excluding tert-OH is 1. The molecule has 3 heterocycles. The third-order valence-electron chi connectivity index (χ3n) is 5.85. The third kappa shape index (κ3) is 4.15. The fourth-order valence-corrected chi connectivity index (χ4v) is 4.09. The van der Waals surface area contributed by atoms with Gasteiger partial charge in [-0.25, -0.2) is 15.0 Å². The molecule has 0 saturated carbocycles. The SMILES string of the molecule is COc1ccc(-c2ccc3c(N4CCOCC4)nc(-c4cccc(C#N)c4)nc3n2)cc1CO. The predicted molar refractivity (Wildman–Crippen MR) is 128 cm³/mol. The molecule has 1 fully saturated rings. The van der Waals surface area contributed by atoms with E-state index >= 15 is 0 Å². The van der Waals surface area contributed by atoms with Crippen molar-refractivity contribution in [3.05, 3.63) is 65.7 Å². The van der Waals surface area contributed by atoms with Gasteiger partial charge in [0, 0.05) is 29.8 Å². The van der Waals surface area contributed by atoms with E-state index in [2.05, 4.69) is 11.0 Å². The molecular weight excluding hydrogens is 430 g/mol. The summed E-state index contributed by atoms with van der Waals surface area (Å²) in [5.41, 5.74) is 4.14. The van der Waals surface area contributed by atoms with Crippen LogP contribution in [-0.2, 0) is 11.3 Å². The Kier molecular flexibility index (Phi) is 6.04. The molecule has 5 rings (SSSR count). The van der Waals surface area contributed by atoms with Crippen LogP contribution in [0.15, 0.2) is 54.6 Å². The first-order chi connectivity index (χ1) is 16.7. The number of nitrogens with zero attached hydrogens (tertiary/aromatic N) is 5. The van der Waals surface area contributed by atoms with Gasteiger partial charge in [-0.05, 0) is 42.5 Å². The molecule has 8 nitrogen and oxygen atoms in total. The predicted octanol–water partition coefficient (Wildman–Crippen LogP) is 3.57. The first-order valence-corrected chi connectivity index (χ1v) is 11.0. The molecule has 2 aromatic heterocycles. The molecule has 8 heteroatoms. The van der Waals surface area contributed by atoms with Gasteiger partial charge in [0.15, 0.2) is 11.5 Å².